The molecular weight excluding hydrogens is 581 g/mol. The van der Waals surface area contributed by atoms with E-state index in [1.54, 1.807) is 37.0 Å². The molecular formula is C33H23F3N8O. The van der Waals surface area contributed by atoms with E-state index in [2.05, 4.69) is 32.2 Å². The van der Waals surface area contributed by atoms with Gasteiger partial charge in [-0.15, -0.1) is 0 Å². The standard InChI is InChI=1S/C33H23F3N8O/c1-19-10-21(13-25-29(45)14-30(33(34,35)36)42-32(25)28-17-39-18-43(28)2)12-24-26(15-37)23(27(16-38)41-31(19)24)11-20-4-6-22(7-5-20)44-9-3-8-40-44/h3-10,12,14,17-18H,11,13H2,1-2H3,(H,42,45). The van der Waals surface area contributed by atoms with Crippen molar-refractivity contribution in [3.05, 3.63) is 128 Å². The number of aromatic amines is 1. The summed E-state index contributed by atoms with van der Waals surface area (Å²) >= 11 is 0. The molecule has 6 rings (SSSR count). The maximum atomic E-state index is 13.6. The van der Waals surface area contributed by atoms with Crippen LogP contribution in [0.25, 0.3) is 28.0 Å². The first-order valence-corrected chi connectivity index (χ1v) is 13.7. The molecule has 2 aromatic carbocycles. The summed E-state index contributed by atoms with van der Waals surface area (Å²) < 4.78 is 44.2. The van der Waals surface area contributed by atoms with Crippen LogP contribution in [-0.4, -0.2) is 29.3 Å². The second-order valence-electron chi connectivity index (χ2n) is 10.6. The number of hydrogen-bond donors (Lipinski definition) is 1. The van der Waals surface area contributed by atoms with Crippen molar-refractivity contribution < 1.29 is 13.2 Å². The number of fused-ring (bicyclic) bond motifs is 1. The van der Waals surface area contributed by atoms with Gasteiger partial charge < -0.3 is 9.55 Å². The molecule has 9 nitrogen and oxygen atoms in total. The van der Waals surface area contributed by atoms with Gasteiger partial charge in [0.25, 0.3) is 0 Å². The number of aryl methyl sites for hydroxylation is 2. The smallest absolute Gasteiger partial charge is 0.349 e. The number of halogens is 3. The first-order chi connectivity index (χ1) is 21.6. The average molecular weight is 605 g/mol. The minimum absolute atomic E-state index is 0.00489. The van der Waals surface area contributed by atoms with Crippen molar-refractivity contribution in [2.45, 2.75) is 25.9 Å². The first kappa shape index (κ1) is 29.1. The Bertz CT molecular complexity index is 2220. The van der Waals surface area contributed by atoms with Gasteiger partial charge in [-0.1, -0.05) is 18.2 Å². The molecule has 0 unspecified atom stereocenters. The molecule has 6 aromatic rings. The number of nitriles is 2. The highest BCUT2D eigenvalue weighted by molar-refractivity contribution is 5.90. The van der Waals surface area contributed by atoms with Crippen LogP contribution >= 0.6 is 0 Å². The second kappa shape index (κ2) is 11.2. The van der Waals surface area contributed by atoms with Crippen molar-refractivity contribution in [2.24, 2.45) is 7.05 Å². The van der Waals surface area contributed by atoms with E-state index in [9.17, 15) is 28.5 Å². The van der Waals surface area contributed by atoms with Crippen molar-refractivity contribution in [1.82, 2.24) is 29.3 Å². The van der Waals surface area contributed by atoms with E-state index >= 15 is 0 Å². The van der Waals surface area contributed by atoms with Crippen LogP contribution in [-0.2, 0) is 26.1 Å². The van der Waals surface area contributed by atoms with Crippen LogP contribution in [0.15, 0.2) is 78.2 Å². The van der Waals surface area contributed by atoms with Gasteiger partial charge in [0.2, 0.25) is 0 Å². The lowest BCUT2D eigenvalue weighted by molar-refractivity contribution is -0.141. The highest BCUT2D eigenvalue weighted by Gasteiger charge is 2.33. The number of alkyl halides is 3. The fourth-order valence-electron chi connectivity index (χ4n) is 5.48. The first-order valence-electron chi connectivity index (χ1n) is 13.7. The molecule has 45 heavy (non-hydrogen) atoms. The fraction of sp³-hybridized carbons (Fsp3) is 0.152. The molecule has 4 aromatic heterocycles. The summed E-state index contributed by atoms with van der Waals surface area (Å²) in [5, 5.41) is 25.0. The lowest BCUT2D eigenvalue weighted by Gasteiger charge is -2.16. The van der Waals surface area contributed by atoms with Gasteiger partial charge in [-0.05, 0) is 47.9 Å². The van der Waals surface area contributed by atoms with Crippen LogP contribution < -0.4 is 5.43 Å². The molecule has 4 heterocycles. The second-order valence-corrected chi connectivity index (χ2v) is 10.6. The molecule has 1 N–H and O–H groups in total. The summed E-state index contributed by atoms with van der Waals surface area (Å²) in [6.45, 7) is 1.77. The Balaban J connectivity index is 1.46. The predicted octanol–water partition coefficient (Wildman–Crippen LogP) is 5.76. The van der Waals surface area contributed by atoms with Gasteiger partial charge in [0, 0.05) is 54.9 Å². The Morgan fingerprint density at radius 1 is 1.00 bits per heavy atom. The van der Waals surface area contributed by atoms with E-state index in [1.165, 1.54) is 17.1 Å². The SMILES string of the molecule is Cc1cc(Cc2c(-c3cncn3C)[nH]c(C(F)(F)F)cc2=O)cc2c(C#N)c(Cc3ccc(-n4cccn4)cc3)c(C#N)nc12. The number of imidazole rings is 1. The van der Waals surface area contributed by atoms with E-state index < -0.39 is 17.3 Å². The zero-order chi connectivity index (χ0) is 31.9. The van der Waals surface area contributed by atoms with E-state index in [1.807, 2.05) is 36.5 Å². The molecule has 0 saturated heterocycles. The summed E-state index contributed by atoms with van der Waals surface area (Å²) in [6, 6.07) is 17.8. The van der Waals surface area contributed by atoms with Crippen molar-refractivity contribution >= 4 is 10.9 Å². The van der Waals surface area contributed by atoms with E-state index in [0.29, 0.717) is 39.4 Å². The highest BCUT2D eigenvalue weighted by Crippen LogP contribution is 2.32. The van der Waals surface area contributed by atoms with Gasteiger partial charge in [0.05, 0.1) is 40.7 Å². The number of aromatic nitrogens is 6. The monoisotopic (exact) mass is 604 g/mol. The number of pyridine rings is 2. The lowest BCUT2D eigenvalue weighted by atomic mass is 9.92. The molecule has 222 valence electrons. The molecule has 0 spiro atoms. The van der Waals surface area contributed by atoms with Crippen LogP contribution in [0.1, 0.15) is 44.8 Å². The Labute approximate surface area is 254 Å². The Kier molecular flexibility index (Phi) is 7.27. The average Bonchev–Trinajstić information content (AvgIpc) is 3.70. The number of nitrogens with zero attached hydrogens (tertiary/aromatic N) is 7. The van der Waals surface area contributed by atoms with Crippen LogP contribution in [0.4, 0.5) is 13.2 Å². The molecule has 12 heteroatoms. The zero-order valence-corrected chi connectivity index (χ0v) is 24.0. The number of H-pyrrole nitrogens is 1. The van der Waals surface area contributed by atoms with Gasteiger partial charge in [-0.3, -0.25) is 4.79 Å². The Morgan fingerprint density at radius 2 is 1.76 bits per heavy atom. The van der Waals surface area contributed by atoms with Crippen molar-refractivity contribution in [3.8, 4) is 29.2 Å². The third-order valence-corrected chi connectivity index (χ3v) is 7.64. The largest absolute Gasteiger partial charge is 0.431 e. The summed E-state index contributed by atoms with van der Waals surface area (Å²) in [7, 11) is 1.62. The summed E-state index contributed by atoms with van der Waals surface area (Å²) in [5.74, 6) is 0. The molecule has 0 aliphatic heterocycles. The summed E-state index contributed by atoms with van der Waals surface area (Å²) in [5.41, 5.74) is 2.74. The zero-order valence-electron chi connectivity index (χ0n) is 24.0. The van der Waals surface area contributed by atoms with Crippen LogP contribution in [0.2, 0.25) is 0 Å². The molecule has 0 aliphatic rings. The minimum Gasteiger partial charge on any atom is -0.349 e. The quantitative estimate of drug-likeness (QED) is 0.257. The topological polar surface area (TPSA) is 129 Å². The van der Waals surface area contributed by atoms with Gasteiger partial charge in [0.1, 0.15) is 23.5 Å². The van der Waals surface area contributed by atoms with Crippen LogP contribution in [0, 0.1) is 29.6 Å². The third-order valence-electron chi connectivity index (χ3n) is 7.64. The summed E-state index contributed by atoms with van der Waals surface area (Å²) in [4.78, 5) is 24.2. The maximum absolute atomic E-state index is 13.6. The number of hydrogen-bond acceptors (Lipinski definition) is 6. The fourth-order valence-corrected chi connectivity index (χ4v) is 5.48. The number of benzene rings is 2. The van der Waals surface area contributed by atoms with Crippen LogP contribution in [0.3, 0.4) is 0 Å². The third kappa shape index (κ3) is 5.45. The van der Waals surface area contributed by atoms with Gasteiger partial charge in [-0.25, -0.2) is 14.6 Å². The van der Waals surface area contributed by atoms with E-state index in [-0.39, 0.29) is 35.4 Å². The van der Waals surface area contributed by atoms with Crippen molar-refractivity contribution in [3.63, 3.8) is 0 Å². The highest BCUT2D eigenvalue weighted by atomic mass is 19.4. The molecule has 0 saturated carbocycles. The Morgan fingerprint density at radius 3 is 2.38 bits per heavy atom. The number of nitrogens with one attached hydrogen (secondary N) is 1. The normalized spacial score (nSPS) is 11.4. The van der Waals surface area contributed by atoms with Gasteiger partial charge in [-0.2, -0.15) is 28.8 Å². The van der Waals surface area contributed by atoms with E-state index in [4.69, 9.17) is 0 Å². The van der Waals surface area contributed by atoms with Gasteiger partial charge >= 0.3 is 6.18 Å². The molecule has 0 aliphatic carbocycles. The maximum Gasteiger partial charge on any atom is 0.431 e. The van der Waals surface area contributed by atoms with E-state index in [0.717, 1.165) is 11.3 Å². The number of rotatable bonds is 6. The molecule has 0 bridgehead atoms. The molecule has 0 amide bonds. The van der Waals surface area contributed by atoms with Crippen molar-refractivity contribution in [2.75, 3.05) is 0 Å². The molecule has 0 atom stereocenters. The van der Waals surface area contributed by atoms with Crippen LogP contribution in [0.5, 0.6) is 0 Å². The van der Waals surface area contributed by atoms with Crippen molar-refractivity contribution in [1.29, 1.82) is 10.5 Å². The lowest BCUT2D eigenvalue weighted by Crippen LogP contribution is -2.19. The summed E-state index contributed by atoms with van der Waals surface area (Å²) in [6.07, 6.45) is 1.79. The Hall–Kier alpha value is -6.01. The predicted molar refractivity (Wildman–Crippen MR) is 159 cm³/mol. The molecule has 0 radical (unpaired) electrons. The van der Waals surface area contributed by atoms with Gasteiger partial charge in [0.15, 0.2) is 5.43 Å². The molecule has 0 fully saturated rings. The minimum atomic E-state index is -4.76.